The summed E-state index contributed by atoms with van der Waals surface area (Å²) in [6, 6.07) is 13.0. The van der Waals surface area contributed by atoms with E-state index in [0.29, 0.717) is 13.2 Å². The number of benzene rings is 1. The number of ether oxygens (including phenoxy) is 1. The number of rotatable bonds is 4. The Kier molecular flexibility index (Phi) is 4.67. The molecule has 5 heteroatoms. The molecule has 0 bridgehead atoms. The van der Waals surface area contributed by atoms with Crippen LogP contribution in [0.15, 0.2) is 36.4 Å². The fourth-order valence-corrected chi connectivity index (χ4v) is 3.73. The average Bonchev–Trinajstić information content (AvgIpc) is 2.90. The summed E-state index contributed by atoms with van der Waals surface area (Å²) in [6.07, 6.45) is 0. The van der Waals surface area contributed by atoms with Crippen LogP contribution in [0.3, 0.4) is 0 Å². The number of β-amino-alcohol motifs (C(OH)–C–C–N with tert-alkyl or cyclic N) is 1. The summed E-state index contributed by atoms with van der Waals surface area (Å²) < 4.78 is 8.20. The minimum atomic E-state index is 0.253. The zero-order chi connectivity index (χ0) is 16.4. The van der Waals surface area contributed by atoms with Crippen LogP contribution < -0.4 is 0 Å². The first-order valence-electron chi connectivity index (χ1n) is 8.76. The molecule has 0 saturated carbocycles. The van der Waals surface area contributed by atoms with Crippen LogP contribution in [0, 0.1) is 0 Å². The van der Waals surface area contributed by atoms with E-state index in [0.717, 1.165) is 39.3 Å². The van der Waals surface area contributed by atoms with Crippen LogP contribution in [0.2, 0.25) is 0 Å². The van der Waals surface area contributed by atoms with Crippen molar-refractivity contribution in [2.45, 2.75) is 19.8 Å². The molecule has 1 aromatic heterocycles. The number of aliphatic hydroxyl groups is 1. The molecule has 1 saturated heterocycles. The Balaban J connectivity index is 1.54. The third-order valence-corrected chi connectivity index (χ3v) is 5.05. The quantitative estimate of drug-likeness (QED) is 0.926. The predicted molar refractivity (Wildman–Crippen MR) is 93.1 cm³/mol. The van der Waals surface area contributed by atoms with E-state index in [1.807, 2.05) is 0 Å². The van der Waals surface area contributed by atoms with Gasteiger partial charge in [-0.2, -0.15) is 0 Å². The van der Waals surface area contributed by atoms with E-state index in [9.17, 15) is 0 Å². The largest absolute Gasteiger partial charge is 0.395 e. The van der Waals surface area contributed by atoms with Crippen molar-refractivity contribution in [3.63, 3.8) is 0 Å². The van der Waals surface area contributed by atoms with Crippen LogP contribution in [0.5, 0.6) is 0 Å². The van der Waals surface area contributed by atoms with E-state index in [4.69, 9.17) is 9.84 Å². The molecule has 24 heavy (non-hydrogen) atoms. The zero-order valence-corrected chi connectivity index (χ0v) is 14.0. The Morgan fingerprint density at radius 3 is 2.54 bits per heavy atom. The summed E-state index contributed by atoms with van der Waals surface area (Å²) in [5, 5.41) is 9.07. The molecule has 1 N–H and O–H groups in total. The summed E-state index contributed by atoms with van der Waals surface area (Å²) in [5.41, 5.74) is 5.07. The van der Waals surface area contributed by atoms with Crippen LogP contribution in [0.4, 0.5) is 0 Å². The van der Waals surface area contributed by atoms with Gasteiger partial charge in [-0.25, -0.2) is 0 Å². The van der Waals surface area contributed by atoms with Crippen molar-refractivity contribution in [2.75, 3.05) is 39.3 Å². The average molecular weight is 327 g/mol. The van der Waals surface area contributed by atoms with Crippen LogP contribution in [-0.4, -0.2) is 58.8 Å². The summed E-state index contributed by atoms with van der Waals surface area (Å²) in [4.78, 5) is 4.84. The molecule has 0 radical (unpaired) electrons. The third-order valence-electron chi connectivity index (χ3n) is 5.05. The van der Waals surface area contributed by atoms with Gasteiger partial charge in [0.15, 0.2) is 0 Å². The molecule has 1 fully saturated rings. The van der Waals surface area contributed by atoms with E-state index < -0.39 is 0 Å². The number of hydrogen-bond acceptors (Lipinski definition) is 4. The van der Waals surface area contributed by atoms with Gasteiger partial charge in [-0.1, -0.05) is 18.2 Å². The lowest BCUT2D eigenvalue weighted by molar-refractivity contribution is 0.105. The number of hydrogen-bond donors (Lipinski definition) is 1. The summed E-state index contributed by atoms with van der Waals surface area (Å²) in [5.74, 6) is 0. The maximum atomic E-state index is 9.07. The monoisotopic (exact) mass is 327 g/mol. The number of nitrogens with zero attached hydrogens (tertiary/aromatic N) is 3. The van der Waals surface area contributed by atoms with Gasteiger partial charge in [-0.15, -0.1) is 0 Å². The van der Waals surface area contributed by atoms with Crippen LogP contribution in [0.25, 0.3) is 5.69 Å². The lowest BCUT2D eigenvalue weighted by Crippen LogP contribution is -2.46. The Morgan fingerprint density at radius 2 is 1.71 bits per heavy atom. The van der Waals surface area contributed by atoms with Gasteiger partial charge in [0.1, 0.15) is 0 Å². The smallest absolute Gasteiger partial charge is 0.0876 e. The highest BCUT2D eigenvalue weighted by atomic mass is 16.5. The van der Waals surface area contributed by atoms with Crippen molar-refractivity contribution >= 4 is 0 Å². The number of aromatic nitrogens is 1. The van der Waals surface area contributed by atoms with Gasteiger partial charge in [0.25, 0.3) is 0 Å². The number of aliphatic hydroxyl groups excluding tert-OH is 1. The highest BCUT2D eigenvalue weighted by Gasteiger charge is 2.21. The second kappa shape index (κ2) is 7.07. The molecule has 2 aliphatic heterocycles. The van der Waals surface area contributed by atoms with Gasteiger partial charge < -0.3 is 14.4 Å². The lowest BCUT2D eigenvalue weighted by Gasteiger charge is -2.34. The van der Waals surface area contributed by atoms with E-state index in [1.165, 1.54) is 22.6 Å². The Bertz CT molecular complexity index is 690. The van der Waals surface area contributed by atoms with E-state index in [1.54, 1.807) is 0 Å². The fourth-order valence-electron chi connectivity index (χ4n) is 3.73. The van der Waals surface area contributed by atoms with Gasteiger partial charge in [-0.3, -0.25) is 9.80 Å². The molecule has 4 rings (SSSR count). The molecule has 5 nitrogen and oxygen atoms in total. The van der Waals surface area contributed by atoms with Gasteiger partial charge in [0, 0.05) is 56.2 Å². The zero-order valence-electron chi connectivity index (χ0n) is 14.0. The van der Waals surface area contributed by atoms with Gasteiger partial charge in [0.05, 0.1) is 25.5 Å². The second-order valence-electron chi connectivity index (χ2n) is 6.61. The first kappa shape index (κ1) is 15.8. The van der Waals surface area contributed by atoms with Crippen molar-refractivity contribution in [2.24, 2.45) is 0 Å². The number of piperazine rings is 1. The van der Waals surface area contributed by atoms with Crippen molar-refractivity contribution < 1.29 is 9.84 Å². The van der Waals surface area contributed by atoms with Crippen molar-refractivity contribution in [3.8, 4) is 5.69 Å². The molecule has 0 atom stereocenters. The van der Waals surface area contributed by atoms with Crippen molar-refractivity contribution in [1.82, 2.24) is 14.4 Å². The first-order chi connectivity index (χ1) is 11.8. The second-order valence-corrected chi connectivity index (χ2v) is 6.61. The third kappa shape index (κ3) is 3.13. The minimum absolute atomic E-state index is 0.253. The van der Waals surface area contributed by atoms with Gasteiger partial charge in [-0.05, 0) is 18.2 Å². The maximum absolute atomic E-state index is 9.07. The summed E-state index contributed by atoms with van der Waals surface area (Å²) in [7, 11) is 0. The van der Waals surface area contributed by atoms with E-state index >= 15 is 0 Å². The molecule has 0 aliphatic carbocycles. The molecule has 2 aliphatic rings. The lowest BCUT2D eigenvalue weighted by atomic mass is 10.2. The Morgan fingerprint density at radius 1 is 0.917 bits per heavy atom. The number of fused-ring (bicyclic) bond motifs is 3. The molecule has 3 heterocycles. The van der Waals surface area contributed by atoms with Crippen LogP contribution >= 0.6 is 0 Å². The Hall–Kier alpha value is -1.66. The normalized spacial score (nSPS) is 18.9. The SMILES string of the molecule is OCCN1CCN(Cc2ccc3n2-c2ccccc2COC3)CC1. The first-order valence-corrected chi connectivity index (χ1v) is 8.76. The fraction of sp³-hybridized carbons (Fsp3) is 0.474. The van der Waals surface area contributed by atoms with E-state index in [-0.39, 0.29) is 6.61 Å². The van der Waals surface area contributed by atoms with E-state index in [2.05, 4.69) is 50.8 Å². The Labute approximate surface area is 143 Å². The maximum Gasteiger partial charge on any atom is 0.0876 e. The van der Waals surface area contributed by atoms with Crippen molar-refractivity contribution in [3.05, 3.63) is 53.3 Å². The standard InChI is InChI=1S/C19H25N3O2/c23-12-11-20-7-9-21(10-8-20)13-17-5-6-18-15-24-14-16-3-1-2-4-19(16)22(17)18/h1-6,23H,7-15H2. The molecule has 2 aromatic rings. The molecule has 128 valence electrons. The van der Waals surface area contributed by atoms with Crippen molar-refractivity contribution in [1.29, 1.82) is 0 Å². The van der Waals surface area contributed by atoms with Crippen LogP contribution in [0.1, 0.15) is 17.0 Å². The minimum Gasteiger partial charge on any atom is -0.395 e. The highest BCUT2D eigenvalue weighted by molar-refractivity contribution is 5.45. The topological polar surface area (TPSA) is 40.9 Å². The summed E-state index contributed by atoms with van der Waals surface area (Å²) >= 11 is 0. The molecular weight excluding hydrogens is 302 g/mol. The molecule has 0 unspecified atom stereocenters. The number of para-hydroxylation sites is 1. The summed E-state index contributed by atoms with van der Waals surface area (Å²) in [6.45, 7) is 7.53. The van der Waals surface area contributed by atoms with Crippen LogP contribution in [-0.2, 0) is 24.5 Å². The van der Waals surface area contributed by atoms with Gasteiger partial charge in [0.2, 0.25) is 0 Å². The van der Waals surface area contributed by atoms with Gasteiger partial charge >= 0.3 is 0 Å². The molecule has 0 spiro atoms. The molecule has 1 aromatic carbocycles. The predicted octanol–water partition coefficient (Wildman–Crippen LogP) is 1.62. The molecule has 0 amide bonds. The highest BCUT2D eigenvalue weighted by Crippen LogP contribution is 2.26. The molecular formula is C19H25N3O2.